The SMILES string of the molecule is CCCOc1ccc(C)cc1-c1ccc(C(=O)O)c(Cc2cccc(F)c2)n1. The van der Waals surface area contributed by atoms with Crippen molar-refractivity contribution in [2.75, 3.05) is 6.61 Å². The molecule has 2 aromatic carbocycles. The fourth-order valence-corrected chi connectivity index (χ4v) is 3.00. The lowest BCUT2D eigenvalue weighted by atomic mass is 10.0. The molecule has 1 N–H and O–H groups in total. The maximum atomic E-state index is 13.5. The summed E-state index contributed by atoms with van der Waals surface area (Å²) in [4.78, 5) is 16.3. The molecule has 0 atom stereocenters. The quantitative estimate of drug-likeness (QED) is 0.607. The van der Waals surface area contributed by atoms with Crippen LogP contribution in [0, 0.1) is 12.7 Å². The summed E-state index contributed by atoms with van der Waals surface area (Å²) in [5.41, 5.74) is 3.65. The Morgan fingerprint density at radius 1 is 1.14 bits per heavy atom. The molecule has 1 heterocycles. The van der Waals surface area contributed by atoms with Gasteiger partial charge in [-0.15, -0.1) is 0 Å². The van der Waals surface area contributed by atoms with Gasteiger partial charge in [0.25, 0.3) is 0 Å². The molecule has 5 heteroatoms. The zero-order valence-corrected chi connectivity index (χ0v) is 15.9. The molecule has 0 radical (unpaired) electrons. The summed E-state index contributed by atoms with van der Waals surface area (Å²) in [6, 6.07) is 15.2. The molecule has 0 bridgehead atoms. The van der Waals surface area contributed by atoms with E-state index in [1.807, 2.05) is 32.0 Å². The predicted octanol–water partition coefficient (Wildman–Crippen LogP) is 5.27. The first-order valence-electron chi connectivity index (χ1n) is 9.19. The fraction of sp³-hybridized carbons (Fsp3) is 0.217. The van der Waals surface area contributed by atoms with Gasteiger partial charge in [-0.3, -0.25) is 4.98 Å². The minimum absolute atomic E-state index is 0.108. The minimum Gasteiger partial charge on any atom is -0.493 e. The number of hydrogen-bond acceptors (Lipinski definition) is 3. The summed E-state index contributed by atoms with van der Waals surface area (Å²) in [5, 5.41) is 9.54. The van der Waals surface area contributed by atoms with E-state index in [9.17, 15) is 14.3 Å². The molecule has 0 saturated carbocycles. The molecule has 144 valence electrons. The molecule has 0 aliphatic rings. The number of hydrogen-bond donors (Lipinski definition) is 1. The Balaban J connectivity index is 2.06. The smallest absolute Gasteiger partial charge is 0.337 e. The third-order valence-electron chi connectivity index (χ3n) is 4.34. The van der Waals surface area contributed by atoms with Crippen LogP contribution in [0.4, 0.5) is 4.39 Å². The van der Waals surface area contributed by atoms with Gasteiger partial charge in [0.2, 0.25) is 0 Å². The van der Waals surface area contributed by atoms with E-state index >= 15 is 0 Å². The highest BCUT2D eigenvalue weighted by Gasteiger charge is 2.16. The van der Waals surface area contributed by atoms with Crippen molar-refractivity contribution in [2.24, 2.45) is 0 Å². The van der Waals surface area contributed by atoms with E-state index in [0.717, 1.165) is 17.5 Å². The first-order chi connectivity index (χ1) is 13.5. The molecule has 0 amide bonds. The second-order valence-corrected chi connectivity index (χ2v) is 6.65. The van der Waals surface area contributed by atoms with Gasteiger partial charge in [0.1, 0.15) is 11.6 Å². The number of carboxylic acids is 1. The second kappa shape index (κ2) is 8.65. The molecule has 0 spiro atoms. The molecule has 3 rings (SSSR count). The lowest BCUT2D eigenvalue weighted by Gasteiger charge is -2.14. The van der Waals surface area contributed by atoms with Crippen LogP contribution in [0.3, 0.4) is 0 Å². The van der Waals surface area contributed by atoms with Crippen molar-refractivity contribution in [3.63, 3.8) is 0 Å². The number of halogens is 1. The average molecular weight is 379 g/mol. The Kier molecular flexibility index (Phi) is 6.04. The van der Waals surface area contributed by atoms with E-state index in [1.54, 1.807) is 24.3 Å². The summed E-state index contributed by atoms with van der Waals surface area (Å²) in [7, 11) is 0. The van der Waals surface area contributed by atoms with Gasteiger partial charge in [-0.05, 0) is 55.3 Å². The topological polar surface area (TPSA) is 59.4 Å². The summed E-state index contributed by atoms with van der Waals surface area (Å²) in [6.45, 7) is 4.59. The van der Waals surface area contributed by atoms with Crippen molar-refractivity contribution in [1.82, 2.24) is 4.98 Å². The molecule has 0 fully saturated rings. The van der Waals surface area contributed by atoms with Crippen molar-refractivity contribution < 1.29 is 19.0 Å². The number of nitrogens with zero attached hydrogens (tertiary/aromatic N) is 1. The number of pyridine rings is 1. The molecule has 4 nitrogen and oxygen atoms in total. The third kappa shape index (κ3) is 4.55. The summed E-state index contributed by atoms with van der Waals surface area (Å²) >= 11 is 0. The average Bonchev–Trinajstić information content (AvgIpc) is 2.67. The van der Waals surface area contributed by atoms with Gasteiger partial charge in [-0.1, -0.05) is 30.7 Å². The minimum atomic E-state index is -1.06. The van der Waals surface area contributed by atoms with Crippen LogP contribution in [0.15, 0.2) is 54.6 Å². The Bertz CT molecular complexity index is 1000. The Labute approximate surface area is 163 Å². The van der Waals surface area contributed by atoms with E-state index in [0.29, 0.717) is 29.3 Å². The highest BCUT2D eigenvalue weighted by atomic mass is 19.1. The monoisotopic (exact) mass is 379 g/mol. The molecule has 3 aromatic rings. The van der Waals surface area contributed by atoms with Crippen LogP contribution in [0.5, 0.6) is 5.75 Å². The maximum absolute atomic E-state index is 13.5. The molecular formula is C23H22FNO3. The zero-order chi connectivity index (χ0) is 20.1. The molecular weight excluding hydrogens is 357 g/mol. The number of aryl methyl sites for hydroxylation is 1. The van der Waals surface area contributed by atoms with Crippen molar-refractivity contribution >= 4 is 5.97 Å². The highest BCUT2D eigenvalue weighted by molar-refractivity contribution is 5.89. The van der Waals surface area contributed by atoms with Crippen molar-refractivity contribution in [2.45, 2.75) is 26.7 Å². The zero-order valence-electron chi connectivity index (χ0n) is 15.9. The Morgan fingerprint density at radius 2 is 1.96 bits per heavy atom. The Hall–Kier alpha value is -3.21. The lowest BCUT2D eigenvalue weighted by molar-refractivity contribution is 0.0695. The number of benzene rings is 2. The van der Waals surface area contributed by atoms with Crippen molar-refractivity contribution in [3.8, 4) is 17.0 Å². The van der Waals surface area contributed by atoms with E-state index in [-0.39, 0.29) is 17.8 Å². The number of ether oxygens (including phenoxy) is 1. The van der Waals surface area contributed by atoms with E-state index in [4.69, 9.17) is 4.74 Å². The predicted molar refractivity (Wildman–Crippen MR) is 106 cm³/mol. The number of carbonyl (C=O) groups is 1. The van der Waals surface area contributed by atoms with Crippen LogP contribution in [0.25, 0.3) is 11.3 Å². The summed E-state index contributed by atoms with van der Waals surface area (Å²) in [6.07, 6.45) is 1.10. The van der Waals surface area contributed by atoms with Crippen molar-refractivity contribution in [1.29, 1.82) is 0 Å². The van der Waals surface area contributed by atoms with Crippen molar-refractivity contribution in [3.05, 3.63) is 82.8 Å². The fourth-order valence-electron chi connectivity index (χ4n) is 3.00. The lowest BCUT2D eigenvalue weighted by Crippen LogP contribution is -2.07. The van der Waals surface area contributed by atoms with Crippen LogP contribution in [-0.2, 0) is 6.42 Å². The molecule has 28 heavy (non-hydrogen) atoms. The number of rotatable bonds is 7. The van der Waals surface area contributed by atoms with Gasteiger partial charge in [0, 0.05) is 12.0 Å². The maximum Gasteiger partial charge on any atom is 0.337 e. The van der Waals surface area contributed by atoms with Gasteiger partial charge in [-0.25, -0.2) is 9.18 Å². The van der Waals surface area contributed by atoms with Gasteiger partial charge in [-0.2, -0.15) is 0 Å². The van der Waals surface area contributed by atoms with Gasteiger partial charge in [0.15, 0.2) is 0 Å². The third-order valence-corrected chi connectivity index (χ3v) is 4.34. The molecule has 0 saturated heterocycles. The molecule has 0 aliphatic heterocycles. The number of aromatic nitrogens is 1. The van der Waals surface area contributed by atoms with Crippen LogP contribution < -0.4 is 4.74 Å². The van der Waals surface area contributed by atoms with Gasteiger partial charge < -0.3 is 9.84 Å². The van der Waals surface area contributed by atoms with Gasteiger partial charge in [0.05, 0.1) is 23.6 Å². The first kappa shape index (κ1) is 19.5. The molecule has 0 unspecified atom stereocenters. The highest BCUT2D eigenvalue weighted by Crippen LogP contribution is 2.31. The van der Waals surface area contributed by atoms with Crippen LogP contribution in [0.1, 0.15) is 40.5 Å². The van der Waals surface area contributed by atoms with E-state index in [1.165, 1.54) is 12.1 Å². The van der Waals surface area contributed by atoms with E-state index in [2.05, 4.69) is 4.98 Å². The normalized spacial score (nSPS) is 10.7. The standard InChI is InChI=1S/C23H22FNO3/c1-3-11-28-22-10-7-15(2)12-19(22)20-9-8-18(23(26)27)21(25-20)14-16-5-4-6-17(24)13-16/h4-10,12-13H,3,11,14H2,1-2H3,(H,26,27). The van der Waals surface area contributed by atoms with Gasteiger partial charge >= 0.3 is 5.97 Å². The number of aromatic carboxylic acids is 1. The largest absolute Gasteiger partial charge is 0.493 e. The summed E-state index contributed by atoms with van der Waals surface area (Å²) in [5.74, 6) is -0.712. The van der Waals surface area contributed by atoms with Crippen LogP contribution in [0.2, 0.25) is 0 Å². The van der Waals surface area contributed by atoms with E-state index < -0.39 is 5.97 Å². The molecule has 0 aliphatic carbocycles. The first-order valence-corrected chi connectivity index (χ1v) is 9.19. The molecule has 1 aromatic heterocycles. The summed E-state index contributed by atoms with van der Waals surface area (Å²) < 4.78 is 19.4. The van der Waals surface area contributed by atoms with Crippen LogP contribution >= 0.6 is 0 Å². The van der Waals surface area contributed by atoms with Crippen LogP contribution in [-0.4, -0.2) is 22.7 Å². The number of carboxylic acid groups (broad SMARTS) is 1. The second-order valence-electron chi connectivity index (χ2n) is 6.65. The Morgan fingerprint density at radius 3 is 2.68 bits per heavy atom.